The number of carbonyl (C=O) groups is 1. The lowest BCUT2D eigenvalue weighted by Gasteiger charge is -2.37. The van der Waals surface area contributed by atoms with E-state index in [2.05, 4.69) is 15.3 Å². The molecule has 21 heteroatoms. The molecule has 0 aliphatic rings. The molecular weight excluding hydrogens is 965 g/mol. The number of aliphatic hydroxyl groups excluding tert-OH is 1. The van der Waals surface area contributed by atoms with E-state index in [0.717, 1.165) is 10.5 Å². The maximum absolute atomic E-state index is 16.2. The number of aliphatic hydroxyl groups is 1. The molecule has 0 fully saturated rings. The van der Waals surface area contributed by atoms with Crippen LogP contribution in [0, 0.1) is 0 Å². The molecule has 71 heavy (non-hydrogen) atoms. The Morgan fingerprint density at radius 3 is 1.82 bits per heavy atom. The van der Waals surface area contributed by atoms with Crippen molar-refractivity contribution in [2.45, 2.75) is 87.5 Å². The number of amides is 1. The lowest BCUT2D eigenvalue weighted by Crippen LogP contribution is -2.48. The lowest BCUT2D eigenvalue weighted by molar-refractivity contribution is 0.0429. The second kappa shape index (κ2) is 21.0. The monoisotopic (exact) mass is 1020 g/mol. The van der Waals surface area contributed by atoms with Crippen molar-refractivity contribution >= 4 is 45.1 Å². The number of sulfone groups is 1. The van der Waals surface area contributed by atoms with Gasteiger partial charge < -0.3 is 29.4 Å². The number of aromatic amines is 1. The van der Waals surface area contributed by atoms with Crippen molar-refractivity contribution in [2.24, 2.45) is 0 Å². The summed E-state index contributed by atoms with van der Waals surface area (Å²) in [5.41, 5.74) is 2.07. The van der Waals surface area contributed by atoms with E-state index in [4.69, 9.17) is 24.3 Å². The molecule has 2 aromatic heterocycles. The van der Waals surface area contributed by atoms with Gasteiger partial charge in [-0.25, -0.2) is 26.6 Å². The Bertz CT molecular complexity index is 3180. The van der Waals surface area contributed by atoms with Crippen LogP contribution >= 0.6 is 0 Å². The summed E-state index contributed by atoms with van der Waals surface area (Å²) in [6, 6.07) is 28.2. The van der Waals surface area contributed by atoms with Crippen LogP contribution in [0.2, 0.25) is 25.7 Å². The summed E-state index contributed by atoms with van der Waals surface area (Å²) >= 11 is 0. The van der Waals surface area contributed by atoms with Crippen LogP contribution in [0.25, 0.3) is 33.5 Å². The molecule has 0 saturated heterocycles. The van der Waals surface area contributed by atoms with E-state index < -0.39 is 62.0 Å². The number of benzene rings is 5. The van der Waals surface area contributed by atoms with Crippen molar-refractivity contribution in [3.05, 3.63) is 126 Å². The first-order valence-corrected chi connectivity index (χ1v) is 29.6. The first-order valence-electron chi connectivity index (χ1n) is 22.8. The largest absolute Gasteiger partial charge is 0.497 e. The quantitative estimate of drug-likeness (QED) is 0.0610. The highest BCUT2D eigenvalue weighted by atomic mass is 32.2. The number of para-hydroxylation sites is 1. The van der Waals surface area contributed by atoms with E-state index in [1.807, 2.05) is 31.8 Å². The van der Waals surface area contributed by atoms with Gasteiger partial charge in [-0.05, 0) is 103 Å². The average molecular weight is 1030 g/mol. The third-order valence-electron chi connectivity index (χ3n) is 11.9. The van der Waals surface area contributed by atoms with Crippen LogP contribution in [-0.2, 0) is 39.5 Å². The highest BCUT2D eigenvalue weighted by Crippen LogP contribution is 2.44. The van der Waals surface area contributed by atoms with Gasteiger partial charge in [0.25, 0.3) is 0 Å². The Hall–Kier alpha value is -6.65. The molecule has 0 saturated carbocycles. The molecule has 1 amide bonds. The number of nitrogens with one attached hydrogen (secondary N) is 1. The van der Waals surface area contributed by atoms with Crippen molar-refractivity contribution in [1.82, 2.24) is 39.4 Å². The fourth-order valence-corrected chi connectivity index (χ4v) is 15.0. The summed E-state index contributed by atoms with van der Waals surface area (Å²) in [5.74, 6) is 1.37. The van der Waals surface area contributed by atoms with Crippen molar-refractivity contribution < 1.29 is 46.1 Å². The van der Waals surface area contributed by atoms with E-state index >= 15 is 16.8 Å². The second-order valence-corrected chi connectivity index (χ2v) is 28.8. The van der Waals surface area contributed by atoms with Gasteiger partial charge in [-0.2, -0.15) is 9.10 Å². The second-order valence-electron chi connectivity index (χ2n) is 19.3. The number of carboxylic acid groups (broad SMARTS) is 1. The van der Waals surface area contributed by atoms with E-state index in [1.54, 1.807) is 107 Å². The highest BCUT2D eigenvalue weighted by Gasteiger charge is 2.40. The Labute approximate surface area is 415 Å². The maximum Gasteiger partial charge on any atom is 0.408 e. The zero-order valence-corrected chi connectivity index (χ0v) is 43.9. The molecule has 0 aliphatic carbocycles. The van der Waals surface area contributed by atoms with Gasteiger partial charge in [-0.1, -0.05) is 74.2 Å². The van der Waals surface area contributed by atoms with Gasteiger partial charge in [-0.3, -0.25) is 4.90 Å². The number of fused-ring (bicyclic) bond motifs is 1. The number of tetrazole rings is 1. The molecule has 1 atom stereocenters. The molecule has 0 bridgehead atoms. The van der Waals surface area contributed by atoms with Gasteiger partial charge in [0.15, 0.2) is 9.84 Å². The number of sulfonamides is 1. The van der Waals surface area contributed by atoms with Gasteiger partial charge in [0.05, 0.1) is 61.7 Å². The number of nitrogens with zero attached hydrogens (tertiary/aromatic N) is 7. The fraction of sp³-hybridized carbons (Fsp3) is 0.340. The van der Waals surface area contributed by atoms with Crippen molar-refractivity contribution in [1.29, 1.82) is 0 Å². The summed E-state index contributed by atoms with van der Waals surface area (Å²) < 4.78 is 79.9. The Morgan fingerprint density at radius 1 is 0.775 bits per heavy atom. The smallest absolute Gasteiger partial charge is 0.408 e. The van der Waals surface area contributed by atoms with Crippen LogP contribution < -0.4 is 14.2 Å². The molecule has 7 rings (SSSR count). The first-order chi connectivity index (χ1) is 33.6. The number of aromatic nitrogens is 6. The molecule has 2 heterocycles. The third-order valence-corrected chi connectivity index (χ3v) is 17.8. The summed E-state index contributed by atoms with van der Waals surface area (Å²) in [6.45, 7) is 10.3. The van der Waals surface area contributed by atoms with Crippen LogP contribution in [0.5, 0.6) is 17.2 Å². The predicted molar refractivity (Wildman–Crippen MR) is 273 cm³/mol. The minimum atomic E-state index is -4.93. The molecule has 0 aliphatic heterocycles. The molecule has 376 valence electrons. The summed E-state index contributed by atoms with van der Waals surface area (Å²) in [5, 5.41) is 34.7. The minimum Gasteiger partial charge on any atom is -0.497 e. The van der Waals surface area contributed by atoms with Gasteiger partial charge in [0.1, 0.15) is 34.0 Å². The van der Waals surface area contributed by atoms with Crippen LogP contribution in [0.3, 0.4) is 0 Å². The number of hydrogen-bond acceptors (Lipinski definition) is 13. The van der Waals surface area contributed by atoms with E-state index in [-0.39, 0.29) is 53.7 Å². The molecule has 18 nitrogen and oxygen atoms in total. The standard InChI is InChI=1S/C50H60N8O10S2Si/c1-50(2,3)58(49(60)61)42(32-59)47-51-41-12-10-11-40(45(41)52-47)39-25-26-43(69(62,63)27-28-71(7,8)9)46(44(39)48-53-55-57(54-48)31-35-17-23-38(68-6)24-18-35)70(64,65)56(29-33-13-19-36(66-4)20-14-33)30-34-15-21-37(67-5)22-16-34/h10-26,42,59H,27-32H2,1-9H3,(H,51,52)(H,60,61)/t42-/m1/s1. The van der Waals surface area contributed by atoms with Gasteiger partial charge in [0.2, 0.25) is 15.8 Å². The number of imidazole rings is 1. The first kappa shape index (κ1) is 52.2. The molecule has 0 radical (unpaired) electrons. The van der Waals surface area contributed by atoms with Gasteiger partial charge >= 0.3 is 6.09 Å². The molecule has 5 aromatic carbocycles. The average Bonchev–Trinajstić information content (AvgIpc) is 3.99. The zero-order valence-electron chi connectivity index (χ0n) is 41.2. The topological polar surface area (TPSA) is 232 Å². The SMILES string of the molecule is COc1ccc(CN(Cc2ccc(OC)cc2)S(=O)(=O)c2c(S(=O)(=O)CC[Si](C)(C)C)ccc(-c3cccc4[nH]c([C@@H](CO)N(C(=O)O)C(C)(C)C)nc34)c2-c2nnn(Cc3ccc(OC)cc3)n2)cc1. The van der Waals surface area contributed by atoms with E-state index in [1.165, 1.54) is 35.5 Å². The Kier molecular flexibility index (Phi) is 15.4. The number of ether oxygens (including phenoxy) is 3. The van der Waals surface area contributed by atoms with Crippen LogP contribution in [-0.4, -0.2) is 120 Å². The molecule has 0 spiro atoms. The van der Waals surface area contributed by atoms with Crippen LogP contribution in [0.4, 0.5) is 4.79 Å². The number of hydrogen-bond donors (Lipinski definition) is 3. The Morgan fingerprint density at radius 2 is 1.32 bits per heavy atom. The molecule has 0 unspecified atom stereocenters. The summed E-state index contributed by atoms with van der Waals surface area (Å²) in [4.78, 5) is 22.2. The van der Waals surface area contributed by atoms with E-state index in [9.17, 15) is 15.0 Å². The minimum absolute atomic E-state index is 0.110. The summed E-state index contributed by atoms with van der Waals surface area (Å²) in [6.07, 6.45) is -1.28. The highest BCUT2D eigenvalue weighted by molar-refractivity contribution is 7.93. The number of H-pyrrole nitrogens is 1. The maximum atomic E-state index is 16.2. The van der Waals surface area contributed by atoms with Crippen molar-refractivity contribution in [3.63, 3.8) is 0 Å². The Balaban J connectivity index is 1.55. The zero-order chi connectivity index (χ0) is 51.5. The van der Waals surface area contributed by atoms with E-state index in [0.29, 0.717) is 45.5 Å². The van der Waals surface area contributed by atoms with Crippen LogP contribution in [0.15, 0.2) is 113 Å². The van der Waals surface area contributed by atoms with Gasteiger partial charge in [0, 0.05) is 32.3 Å². The fourth-order valence-electron chi connectivity index (χ4n) is 8.19. The molecule has 3 N–H and O–H groups in total. The number of methoxy groups -OCH3 is 3. The van der Waals surface area contributed by atoms with Crippen molar-refractivity contribution in [2.75, 3.05) is 33.7 Å². The normalized spacial score (nSPS) is 12.8. The summed E-state index contributed by atoms with van der Waals surface area (Å²) in [7, 11) is -6.71. The number of rotatable bonds is 20. The predicted octanol–water partition coefficient (Wildman–Crippen LogP) is 8.27. The third kappa shape index (κ3) is 11.8. The van der Waals surface area contributed by atoms with Gasteiger partial charge in [-0.15, -0.1) is 10.2 Å². The molecule has 7 aromatic rings. The molecular formula is C50H60N8O10S2Si. The lowest BCUT2D eigenvalue weighted by atomic mass is 9.98. The van der Waals surface area contributed by atoms with Crippen molar-refractivity contribution in [3.8, 4) is 39.8 Å². The van der Waals surface area contributed by atoms with Crippen LogP contribution in [0.1, 0.15) is 49.3 Å².